The Labute approximate surface area is 127 Å². The molecule has 0 aliphatic rings. The Balaban J connectivity index is 1.71. The highest BCUT2D eigenvalue weighted by Crippen LogP contribution is 2.31. The largest absolute Gasteiger partial charge is 0.354 e. The lowest BCUT2D eigenvalue weighted by Crippen LogP contribution is -1.99. The zero-order valence-electron chi connectivity index (χ0n) is 11.8. The molecular weight excluding hydrogens is 282 g/mol. The molecule has 3 aromatic rings. The molecule has 2 heterocycles. The van der Waals surface area contributed by atoms with Crippen molar-refractivity contribution in [2.45, 2.75) is 25.8 Å². The number of aromatic nitrogens is 4. The van der Waals surface area contributed by atoms with Gasteiger partial charge in [0.05, 0.1) is 12.2 Å². The van der Waals surface area contributed by atoms with Gasteiger partial charge in [-0.2, -0.15) is 5.10 Å². The van der Waals surface area contributed by atoms with Crippen LogP contribution in [-0.2, 0) is 6.54 Å². The summed E-state index contributed by atoms with van der Waals surface area (Å²) in [6.45, 7) is 2.85. The Morgan fingerprint density at radius 1 is 1.19 bits per heavy atom. The van der Waals surface area contributed by atoms with Crippen molar-refractivity contribution in [1.29, 1.82) is 0 Å². The van der Waals surface area contributed by atoms with Gasteiger partial charge in [0.15, 0.2) is 0 Å². The summed E-state index contributed by atoms with van der Waals surface area (Å²) in [5, 5.41) is 20.6. The molecular formula is C15H17N5S. The topological polar surface area (TPSA) is 66.5 Å². The van der Waals surface area contributed by atoms with Crippen LogP contribution in [-0.4, -0.2) is 20.4 Å². The predicted octanol–water partition coefficient (Wildman–Crippen LogP) is 3.42. The first-order valence-corrected chi connectivity index (χ1v) is 7.79. The fourth-order valence-electron chi connectivity index (χ4n) is 2.24. The highest BCUT2D eigenvalue weighted by Gasteiger charge is 2.17. The molecule has 0 aliphatic carbocycles. The maximum absolute atomic E-state index is 4.34. The standard InChI is InChI=1S/C15H17N5S/c1-2-13(11-6-4-3-5-7-11)14-19-20-15(21-14)16-10-12-8-9-17-18-12/h3-9,13H,2,10H2,1H3,(H,16,20)(H,17,18)/t13-/m0/s1. The fraction of sp³-hybridized carbons (Fsp3) is 0.267. The molecule has 0 radical (unpaired) electrons. The Morgan fingerprint density at radius 2 is 2.05 bits per heavy atom. The fourth-order valence-corrected chi connectivity index (χ4v) is 3.19. The zero-order valence-corrected chi connectivity index (χ0v) is 12.6. The van der Waals surface area contributed by atoms with Gasteiger partial charge >= 0.3 is 0 Å². The smallest absolute Gasteiger partial charge is 0.206 e. The number of aromatic amines is 1. The van der Waals surface area contributed by atoms with Crippen LogP contribution in [0.25, 0.3) is 0 Å². The van der Waals surface area contributed by atoms with E-state index in [9.17, 15) is 0 Å². The number of anilines is 1. The molecule has 1 atom stereocenters. The van der Waals surface area contributed by atoms with Gasteiger partial charge in [0.25, 0.3) is 0 Å². The third-order valence-electron chi connectivity index (χ3n) is 3.34. The second-order valence-electron chi connectivity index (χ2n) is 4.75. The van der Waals surface area contributed by atoms with Crippen LogP contribution in [0, 0.1) is 0 Å². The lowest BCUT2D eigenvalue weighted by atomic mass is 9.97. The molecule has 21 heavy (non-hydrogen) atoms. The molecule has 0 bridgehead atoms. The van der Waals surface area contributed by atoms with Crippen LogP contribution in [0.2, 0.25) is 0 Å². The highest BCUT2D eigenvalue weighted by molar-refractivity contribution is 7.15. The van der Waals surface area contributed by atoms with E-state index < -0.39 is 0 Å². The Hall–Kier alpha value is -2.21. The van der Waals surface area contributed by atoms with Crippen LogP contribution in [0.4, 0.5) is 5.13 Å². The maximum atomic E-state index is 4.34. The van der Waals surface area contributed by atoms with E-state index in [0.29, 0.717) is 12.5 Å². The number of rotatable bonds is 6. The van der Waals surface area contributed by atoms with E-state index in [1.807, 2.05) is 12.1 Å². The van der Waals surface area contributed by atoms with Crippen molar-refractivity contribution in [3.8, 4) is 0 Å². The van der Waals surface area contributed by atoms with Crippen molar-refractivity contribution in [2.75, 3.05) is 5.32 Å². The van der Waals surface area contributed by atoms with Gasteiger partial charge in [0.1, 0.15) is 5.01 Å². The van der Waals surface area contributed by atoms with Crippen LogP contribution in [0.3, 0.4) is 0 Å². The molecule has 0 fully saturated rings. The predicted molar refractivity (Wildman–Crippen MR) is 84.4 cm³/mol. The summed E-state index contributed by atoms with van der Waals surface area (Å²) in [5.74, 6) is 0.311. The maximum Gasteiger partial charge on any atom is 0.206 e. The molecule has 5 nitrogen and oxygen atoms in total. The molecule has 0 saturated carbocycles. The van der Waals surface area contributed by atoms with Gasteiger partial charge in [0, 0.05) is 12.1 Å². The molecule has 0 unspecified atom stereocenters. The summed E-state index contributed by atoms with van der Waals surface area (Å²) in [4.78, 5) is 0. The van der Waals surface area contributed by atoms with Gasteiger partial charge in [-0.3, -0.25) is 5.10 Å². The van der Waals surface area contributed by atoms with Gasteiger partial charge in [-0.25, -0.2) is 0 Å². The minimum absolute atomic E-state index is 0.311. The quantitative estimate of drug-likeness (QED) is 0.732. The second kappa shape index (κ2) is 6.49. The van der Waals surface area contributed by atoms with Crippen LogP contribution < -0.4 is 5.32 Å². The van der Waals surface area contributed by atoms with E-state index in [4.69, 9.17) is 0 Å². The summed E-state index contributed by atoms with van der Waals surface area (Å²) in [7, 11) is 0. The van der Waals surface area contributed by atoms with E-state index in [2.05, 4.69) is 56.9 Å². The molecule has 6 heteroatoms. The van der Waals surface area contributed by atoms with E-state index in [1.54, 1.807) is 17.5 Å². The van der Waals surface area contributed by atoms with Gasteiger partial charge in [-0.05, 0) is 18.1 Å². The zero-order chi connectivity index (χ0) is 14.5. The van der Waals surface area contributed by atoms with E-state index in [-0.39, 0.29) is 0 Å². The number of nitrogens with one attached hydrogen (secondary N) is 2. The third-order valence-corrected chi connectivity index (χ3v) is 4.33. The Bertz CT molecular complexity index is 662. The summed E-state index contributed by atoms with van der Waals surface area (Å²) in [5.41, 5.74) is 2.32. The van der Waals surface area contributed by atoms with Crippen molar-refractivity contribution in [1.82, 2.24) is 20.4 Å². The summed E-state index contributed by atoms with van der Waals surface area (Å²) >= 11 is 1.61. The second-order valence-corrected chi connectivity index (χ2v) is 5.76. The van der Waals surface area contributed by atoms with Gasteiger partial charge < -0.3 is 5.32 Å². The molecule has 0 aliphatic heterocycles. The van der Waals surface area contributed by atoms with E-state index in [0.717, 1.165) is 22.3 Å². The molecule has 0 saturated heterocycles. The third kappa shape index (κ3) is 3.28. The number of benzene rings is 1. The summed E-state index contributed by atoms with van der Waals surface area (Å²) in [6.07, 6.45) is 2.75. The summed E-state index contributed by atoms with van der Waals surface area (Å²) in [6, 6.07) is 12.4. The normalized spacial score (nSPS) is 12.2. The molecule has 2 aromatic heterocycles. The van der Waals surface area contributed by atoms with Crippen LogP contribution >= 0.6 is 11.3 Å². The summed E-state index contributed by atoms with van der Waals surface area (Å²) < 4.78 is 0. The average Bonchev–Trinajstić information content (AvgIpc) is 3.19. The Morgan fingerprint density at radius 3 is 2.76 bits per heavy atom. The number of hydrogen-bond acceptors (Lipinski definition) is 5. The molecule has 1 aromatic carbocycles. The van der Waals surface area contributed by atoms with E-state index in [1.165, 1.54) is 5.56 Å². The minimum Gasteiger partial charge on any atom is -0.354 e. The van der Waals surface area contributed by atoms with Crippen LogP contribution in [0.1, 0.15) is 35.5 Å². The number of H-pyrrole nitrogens is 1. The first kappa shape index (κ1) is 13.8. The number of hydrogen-bond donors (Lipinski definition) is 2. The molecule has 3 rings (SSSR count). The van der Waals surface area contributed by atoms with Gasteiger partial charge in [0.2, 0.25) is 5.13 Å². The first-order chi connectivity index (χ1) is 10.4. The van der Waals surface area contributed by atoms with Crippen molar-refractivity contribution in [3.63, 3.8) is 0 Å². The molecule has 108 valence electrons. The minimum atomic E-state index is 0.311. The van der Waals surface area contributed by atoms with Crippen molar-refractivity contribution in [2.24, 2.45) is 0 Å². The van der Waals surface area contributed by atoms with Crippen molar-refractivity contribution in [3.05, 3.63) is 58.9 Å². The first-order valence-electron chi connectivity index (χ1n) is 6.97. The van der Waals surface area contributed by atoms with Gasteiger partial charge in [-0.1, -0.05) is 48.6 Å². The lowest BCUT2D eigenvalue weighted by molar-refractivity contribution is 0.755. The molecule has 0 amide bonds. The monoisotopic (exact) mass is 299 g/mol. The van der Waals surface area contributed by atoms with E-state index >= 15 is 0 Å². The SMILES string of the molecule is CC[C@@H](c1ccccc1)c1nnc(NCc2ccn[nH]2)s1. The lowest BCUT2D eigenvalue weighted by Gasteiger charge is -2.11. The van der Waals surface area contributed by atoms with Crippen molar-refractivity contribution >= 4 is 16.5 Å². The number of nitrogens with zero attached hydrogens (tertiary/aromatic N) is 3. The van der Waals surface area contributed by atoms with Crippen LogP contribution in [0.5, 0.6) is 0 Å². The van der Waals surface area contributed by atoms with Crippen molar-refractivity contribution < 1.29 is 0 Å². The van der Waals surface area contributed by atoms with Gasteiger partial charge in [-0.15, -0.1) is 10.2 Å². The highest BCUT2D eigenvalue weighted by atomic mass is 32.1. The van der Waals surface area contributed by atoms with Crippen LogP contribution in [0.15, 0.2) is 42.6 Å². The molecule has 0 spiro atoms. The Kier molecular flexibility index (Phi) is 4.25. The molecule has 2 N–H and O–H groups in total. The average molecular weight is 299 g/mol.